The molecule has 0 aliphatic carbocycles. The van der Waals surface area contributed by atoms with Gasteiger partial charge in [-0.25, -0.2) is 10.2 Å². The van der Waals surface area contributed by atoms with Crippen LogP contribution in [0, 0.1) is 0 Å². The molecule has 0 bridgehead atoms. The molecule has 0 fully saturated rings. The minimum absolute atomic E-state index is 0.0237. The number of phenols is 1. The van der Waals surface area contributed by atoms with E-state index in [2.05, 4.69) is 0 Å². The molecule has 116 valence electrons. The lowest BCUT2D eigenvalue weighted by Crippen LogP contribution is -2.48. The summed E-state index contributed by atoms with van der Waals surface area (Å²) in [5, 5.41) is 9.49. The van der Waals surface area contributed by atoms with Crippen LogP contribution >= 0.6 is 0 Å². The van der Waals surface area contributed by atoms with Gasteiger partial charge in [0.15, 0.2) is 0 Å². The first-order valence-electron chi connectivity index (χ1n) is 6.07. The van der Waals surface area contributed by atoms with Crippen LogP contribution in [0.4, 0.5) is 16.2 Å². The minimum Gasteiger partial charge on any atom is -0.508 e. The van der Waals surface area contributed by atoms with Crippen LogP contribution in [0.2, 0.25) is 0 Å². The summed E-state index contributed by atoms with van der Waals surface area (Å²) in [5.41, 5.74) is 13.0. The quantitative estimate of drug-likeness (QED) is 0.486. The number of sulfonamides is 1. The zero-order valence-corrected chi connectivity index (χ0v) is 12.1. The van der Waals surface area contributed by atoms with Gasteiger partial charge in [0.05, 0.1) is 10.6 Å². The number of nitrogens with zero attached hydrogens (tertiary/aromatic N) is 1. The van der Waals surface area contributed by atoms with Crippen molar-refractivity contribution in [2.75, 3.05) is 10.1 Å². The molecule has 6 N–H and O–H groups in total. The highest BCUT2D eigenvalue weighted by atomic mass is 32.2. The van der Waals surface area contributed by atoms with E-state index in [1.54, 1.807) is 0 Å². The molecule has 2 aromatic carbocycles. The SMILES string of the molecule is NC(=O)NN(c1cccc(O)c1)S(=O)(=O)c1ccc(N)cc1. The van der Waals surface area contributed by atoms with Gasteiger partial charge in [0.2, 0.25) is 0 Å². The van der Waals surface area contributed by atoms with Crippen molar-refractivity contribution >= 4 is 27.4 Å². The lowest BCUT2D eigenvalue weighted by atomic mass is 10.3. The van der Waals surface area contributed by atoms with E-state index in [1.165, 1.54) is 48.5 Å². The Hall–Kier alpha value is -2.94. The predicted octanol–water partition coefficient (Wildman–Crippen LogP) is 0.753. The topological polar surface area (TPSA) is 139 Å². The minimum atomic E-state index is -4.13. The van der Waals surface area contributed by atoms with Gasteiger partial charge in [0.25, 0.3) is 10.0 Å². The number of hydrazine groups is 1. The van der Waals surface area contributed by atoms with Gasteiger partial charge in [0, 0.05) is 11.8 Å². The van der Waals surface area contributed by atoms with E-state index in [4.69, 9.17) is 11.5 Å². The van der Waals surface area contributed by atoms with E-state index in [0.29, 0.717) is 10.1 Å². The van der Waals surface area contributed by atoms with E-state index in [1.807, 2.05) is 5.43 Å². The van der Waals surface area contributed by atoms with Crippen LogP contribution in [-0.4, -0.2) is 19.6 Å². The van der Waals surface area contributed by atoms with Crippen molar-refractivity contribution in [2.45, 2.75) is 4.90 Å². The summed E-state index contributed by atoms with van der Waals surface area (Å²) < 4.78 is 25.8. The Morgan fingerprint density at radius 3 is 2.32 bits per heavy atom. The maximum atomic E-state index is 12.6. The second-order valence-corrected chi connectivity index (χ2v) is 6.12. The normalized spacial score (nSPS) is 10.9. The number of hydrogen-bond acceptors (Lipinski definition) is 5. The maximum absolute atomic E-state index is 12.6. The predicted molar refractivity (Wildman–Crippen MR) is 81.3 cm³/mol. The molecule has 0 spiro atoms. The zero-order valence-electron chi connectivity index (χ0n) is 11.3. The van der Waals surface area contributed by atoms with Crippen molar-refractivity contribution in [3.05, 3.63) is 48.5 Å². The molecular formula is C13H14N4O4S. The molecule has 8 nitrogen and oxygen atoms in total. The molecule has 0 aromatic heterocycles. The van der Waals surface area contributed by atoms with Crippen LogP contribution in [0.5, 0.6) is 5.75 Å². The van der Waals surface area contributed by atoms with Crippen LogP contribution in [0.25, 0.3) is 0 Å². The highest BCUT2D eigenvalue weighted by Gasteiger charge is 2.26. The smallest absolute Gasteiger partial charge is 0.331 e. The van der Waals surface area contributed by atoms with Gasteiger partial charge in [-0.2, -0.15) is 12.8 Å². The Balaban J connectivity index is 2.53. The van der Waals surface area contributed by atoms with Crippen LogP contribution in [0.1, 0.15) is 0 Å². The van der Waals surface area contributed by atoms with Gasteiger partial charge < -0.3 is 16.6 Å². The lowest BCUT2D eigenvalue weighted by molar-refractivity contribution is 0.249. The Morgan fingerprint density at radius 1 is 1.14 bits per heavy atom. The molecule has 22 heavy (non-hydrogen) atoms. The fourth-order valence-corrected chi connectivity index (χ4v) is 3.02. The van der Waals surface area contributed by atoms with Crippen molar-refractivity contribution in [1.82, 2.24) is 5.43 Å². The molecular weight excluding hydrogens is 308 g/mol. The number of aromatic hydroxyl groups is 1. The van der Waals surface area contributed by atoms with Gasteiger partial charge in [-0.15, -0.1) is 0 Å². The number of urea groups is 1. The van der Waals surface area contributed by atoms with E-state index in [9.17, 15) is 18.3 Å². The third-order valence-electron chi connectivity index (χ3n) is 2.69. The standard InChI is InChI=1S/C13H14N4O4S/c14-9-4-6-12(7-5-9)22(20,21)17(16-13(15)19)10-2-1-3-11(18)8-10/h1-8,18H,14H2,(H3,15,16,19). The lowest BCUT2D eigenvalue weighted by Gasteiger charge is -2.24. The molecule has 9 heteroatoms. The molecule has 2 aromatic rings. The summed E-state index contributed by atoms with van der Waals surface area (Å²) in [6, 6.07) is 9.71. The van der Waals surface area contributed by atoms with Gasteiger partial charge in [-0.05, 0) is 36.4 Å². The second-order valence-electron chi connectivity index (χ2n) is 4.33. The molecule has 0 unspecified atom stereocenters. The fourth-order valence-electron chi connectivity index (χ4n) is 1.73. The number of anilines is 2. The monoisotopic (exact) mass is 322 g/mol. The molecule has 0 saturated heterocycles. The van der Waals surface area contributed by atoms with Crippen LogP contribution in [-0.2, 0) is 10.0 Å². The van der Waals surface area contributed by atoms with Crippen molar-refractivity contribution in [1.29, 1.82) is 0 Å². The number of carbonyl (C=O) groups excluding carboxylic acids is 1. The average Bonchev–Trinajstić information content (AvgIpc) is 2.45. The number of primary amides is 1. The summed E-state index contributed by atoms with van der Waals surface area (Å²) in [5.74, 6) is -0.165. The molecule has 2 rings (SSSR count). The van der Waals surface area contributed by atoms with Gasteiger partial charge >= 0.3 is 6.03 Å². The van der Waals surface area contributed by atoms with Crippen molar-refractivity contribution < 1.29 is 18.3 Å². The number of phenolic OH excluding ortho intramolecular Hbond substituents is 1. The summed E-state index contributed by atoms with van der Waals surface area (Å²) >= 11 is 0. The zero-order chi connectivity index (χ0) is 16.3. The van der Waals surface area contributed by atoms with E-state index in [-0.39, 0.29) is 16.3 Å². The largest absolute Gasteiger partial charge is 0.508 e. The fraction of sp³-hybridized carbons (Fsp3) is 0. The summed E-state index contributed by atoms with van der Waals surface area (Å²) in [6.45, 7) is 0. The van der Waals surface area contributed by atoms with E-state index < -0.39 is 16.1 Å². The highest BCUT2D eigenvalue weighted by Crippen LogP contribution is 2.25. The van der Waals surface area contributed by atoms with Crippen LogP contribution in [0.3, 0.4) is 0 Å². The summed E-state index contributed by atoms with van der Waals surface area (Å²) in [6.07, 6.45) is 0. The number of carbonyl (C=O) groups is 1. The van der Waals surface area contributed by atoms with E-state index >= 15 is 0 Å². The van der Waals surface area contributed by atoms with Crippen LogP contribution < -0.4 is 21.3 Å². The number of nitrogens with two attached hydrogens (primary N) is 2. The number of nitrogen functional groups attached to an aromatic ring is 1. The van der Waals surface area contributed by atoms with Gasteiger partial charge in [0.1, 0.15) is 5.75 Å². The Bertz CT molecular complexity index is 790. The van der Waals surface area contributed by atoms with Crippen molar-refractivity contribution in [2.24, 2.45) is 5.73 Å². The molecule has 0 radical (unpaired) electrons. The van der Waals surface area contributed by atoms with Crippen molar-refractivity contribution in [3.8, 4) is 5.75 Å². The molecule has 0 aliphatic heterocycles. The average molecular weight is 322 g/mol. The van der Waals surface area contributed by atoms with Gasteiger partial charge in [-0.3, -0.25) is 0 Å². The molecule has 0 heterocycles. The number of nitrogens with one attached hydrogen (secondary N) is 1. The summed E-state index contributed by atoms with van der Waals surface area (Å²) in [4.78, 5) is 11.0. The maximum Gasteiger partial charge on any atom is 0.331 e. The highest BCUT2D eigenvalue weighted by molar-refractivity contribution is 7.92. The Morgan fingerprint density at radius 2 is 1.77 bits per heavy atom. The number of amides is 2. The molecule has 0 saturated carbocycles. The first-order chi connectivity index (χ1) is 10.3. The van der Waals surface area contributed by atoms with Crippen LogP contribution in [0.15, 0.2) is 53.4 Å². The van der Waals surface area contributed by atoms with E-state index in [0.717, 1.165) is 0 Å². The number of rotatable bonds is 4. The Labute approximate surface area is 127 Å². The summed E-state index contributed by atoms with van der Waals surface area (Å²) in [7, 11) is -4.13. The third kappa shape index (κ3) is 3.20. The second kappa shape index (κ2) is 5.82. The van der Waals surface area contributed by atoms with Crippen molar-refractivity contribution in [3.63, 3.8) is 0 Å². The Kier molecular flexibility index (Phi) is 4.08. The number of hydrogen-bond donors (Lipinski definition) is 4. The third-order valence-corrected chi connectivity index (χ3v) is 4.35. The molecule has 2 amide bonds. The first-order valence-corrected chi connectivity index (χ1v) is 7.51. The molecule has 0 atom stereocenters. The first kappa shape index (κ1) is 15.4. The van der Waals surface area contributed by atoms with Gasteiger partial charge in [-0.1, -0.05) is 6.07 Å². The molecule has 0 aliphatic rings. The number of benzene rings is 2.